The highest BCUT2D eigenvalue weighted by Crippen LogP contribution is 2.27. The Kier molecular flexibility index (Phi) is 4.43. The average molecular weight is 256 g/mol. The fourth-order valence-electron chi connectivity index (χ4n) is 1.31. The molecule has 0 saturated heterocycles. The van der Waals surface area contributed by atoms with Crippen LogP contribution in [0.2, 0.25) is 0 Å². The molecule has 0 aliphatic heterocycles. The Labute approximate surface area is 102 Å². The number of rotatable bonds is 4. The number of alkyl halides is 2. The summed E-state index contributed by atoms with van der Waals surface area (Å²) in [5.41, 5.74) is 5.68. The molecule has 0 aromatic heterocycles. The molecule has 0 amide bonds. The monoisotopic (exact) mass is 256 g/mol. The van der Waals surface area contributed by atoms with Gasteiger partial charge in [0, 0.05) is 0 Å². The first kappa shape index (κ1) is 13.7. The quantitative estimate of drug-likeness (QED) is 0.651. The van der Waals surface area contributed by atoms with Crippen LogP contribution < -0.4 is 10.5 Å². The van der Waals surface area contributed by atoms with Crippen molar-refractivity contribution in [3.8, 4) is 11.8 Å². The Morgan fingerprint density at radius 2 is 2.22 bits per heavy atom. The third kappa shape index (κ3) is 3.31. The van der Waals surface area contributed by atoms with E-state index in [0.29, 0.717) is 0 Å². The number of nitrogen functional groups attached to an aromatic ring is 1. The van der Waals surface area contributed by atoms with E-state index < -0.39 is 12.6 Å². The van der Waals surface area contributed by atoms with Crippen LogP contribution in [0.15, 0.2) is 12.1 Å². The summed E-state index contributed by atoms with van der Waals surface area (Å²) < 4.78 is 32.8. The second-order valence-corrected chi connectivity index (χ2v) is 3.29. The predicted molar refractivity (Wildman–Crippen MR) is 57.9 cm³/mol. The molecule has 96 valence electrons. The zero-order chi connectivity index (χ0) is 13.7. The molecule has 0 fully saturated rings. The van der Waals surface area contributed by atoms with Gasteiger partial charge in [-0.05, 0) is 17.7 Å². The fraction of sp³-hybridized carbons (Fsp3) is 0.273. The number of benzene rings is 1. The van der Waals surface area contributed by atoms with Crippen LogP contribution in [0.5, 0.6) is 5.75 Å². The van der Waals surface area contributed by atoms with Crippen molar-refractivity contribution in [1.29, 1.82) is 5.26 Å². The molecule has 0 aliphatic carbocycles. The topological polar surface area (TPSA) is 85.3 Å². The normalized spacial score (nSPS) is 9.94. The molecule has 2 N–H and O–H groups in total. The lowest BCUT2D eigenvalue weighted by atomic mass is 10.0. The molecule has 0 atom stereocenters. The van der Waals surface area contributed by atoms with Gasteiger partial charge in [0.25, 0.3) is 0 Å². The zero-order valence-corrected chi connectivity index (χ0v) is 9.44. The Morgan fingerprint density at radius 1 is 1.56 bits per heavy atom. The van der Waals surface area contributed by atoms with Gasteiger partial charge in [0.2, 0.25) is 0 Å². The number of hydrogen-bond acceptors (Lipinski definition) is 5. The third-order valence-corrected chi connectivity index (χ3v) is 2.13. The fourth-order valence-corrected chi connectivity index (χ4v) is 1.31. The summed E-state index contributed by atoms with van der Waals surface area (Å²) in [5.74, 6) is -0.873. The molecule has 1 aromatic rings. The molecule has 0 radical (unpaired) electrons. The smallest absolute Gasteiger partial charge is 0.387 e. The van der Waals surface area contributed by atoms with Gasteiger partial charge in [0.15, 0.2) is 0 Å². The molecule has 0 spiro atoms. The number of anilines is 1. The largest absolute Gasteiger partial charge is 0.469 e. The Morgan fingerprint density at radius 3 is 2.72 bits per heavy atom. The molecule has 0 aliphatic rings. The van der Waals surface area contributed by atoms with E-state index in [-0.39, 0.29) is 29.0 Å². The summed E-state index contributed by atoms with van der Waals surface area (Å²) in [6, 6.07) is 4.13. The van der Waals surface area contributed by atoms with Crippen molar-refractivity contribution in [3.05, 3.63) is 23.3 Å². The van der Waals surface area contributed by atoms with Crippen LogP contribution in [0.4, 0.5) is 14.5 Å². The maximum absolute atomic E-state index is 12.1. The van der Waals surface area contributed by atoms with Gasteiger partial charge < -0.3 is 15.2 Å². The maximum Gasteiger partial charge on any atom is 0.387 e. The van der Waals surface area contributed by atoms with Gasteiger partial charge in [-0.1, -0.05) is 0 Å². The van der Waals surface area contributed by atoms with Crippen molar-refractivity contribution >= 4 is 11.7 Å². The molecule has 0 saturated carbocycles. The minimum Gasteiger partial charge on any atom is -0.469 e. The molecular weight excluding hydrogens is 246 g/mol. The minimum absolute atomic E-state index is 0.0968. The van der Waals surface area contributed by atoms with Crippen molar-refractivity contribution in [1.82, 2.24) is 0 Å². The van der Waals surface area contributed by atoms with Gasteiger partial charge in [0.1, 0.15) is 5.75 Å². The van der Waals surface area contributed by atoms with Crippen molar-refractivity contribution in [2.75, 3.05) is 12.8 Å². The van der Waals surface area contributed by atoms with Gasteiger partial charge in [0.05, 0.1) is 30.9 Å². The minimum atomic E-state index is -3.04. The highest BCUT2D eigenvalue weighted by atomic mass is 19.3. The van der Waals surface area contributed by atoms with Crippen molar-refractivity contribution in [2.24, 2.45) is 0 Å². The number of nitrogens with two attached hydrogens (primary N) is 1. The summed E-state index contributed by atoms with van der Waals surface area (Å²) in [4.78, 5) is 11.1. The Bertz CT molecular complexity index is 498. The second kappa shape index (κ2) is 5.82. The van der Waals surface area contributed by atoms with Crippen LogP contribution in [-0.2, 0) is 16.0 Å². The number of carbonyl (C=O) groups excluding carboxylic acids is 1. The lowest BCUT2D eigenvalue weighted by Crippen LogP contribution is -2.09. The molecule has 0 bridgehead atoms. The highest BCUT2D eigenvalue weighted by Gasteiger charge is 2.15. The number of carbonyl (C=O) groups is 1. The van der Waals surface area contributed by atoms with Crippen LogP contribution in [0, 0.1) is 11.3 Å². The number of ether oxygens (including phenoxy) is 2. The van der Waals surface area contributed by atoms with Crippen LogP contribution >= 0.6 is 0 Å². The third-order valence-electron chi connectivity index (χ3n) is 2.13. The summed E-state index contributed by atoms with van der Waals surface area (Å²) >= 11 is 0. The number of methoxy groups -OCH3 is 1. The zero-order valence-electron chi connectivity index (χ0n) is 9.44. The first-order valence-electron chi connectivity index (χ1n) is 4.82. The van der Waals surface area contributed by atoms with Crippen LogP contribution in [0.25, 0.3) is 0 Å². The number of halogens is 2. The summed E-state index contributed by atoms with van der Waals surface area (Å²) in [6.07, 6.45) is -0.223. The molecule has 0 heterocycles. The molecule has 1 aromatic carbocycles. The molecular formula is C11H10F2N2O3. The first-order chi connectivity index (χ1) is 8.47. The molecule has 18 heavy (non-hydrogen) atoms. The highest BCUT2D eigenvalue weighted by molar-refractivity contribution is 5.74. The first-order valence-corrected chi connectivity index (χ1v) is 4.82. The Hall–Kier alpha value is -2.36. The number of nitriles is 1. The van der Waals surface area contributed by atoms with Gasteiger partial charge >= 0.3 is 12.6 Å². The van der Waals surface area contributed by atoms with Gasteiger partial charge in [-0.2, -0.15) is 14.0 Å². The van der Waals surface area contributed by atoms with Crippen molar-refractivity contribution in [3.63, 3.8) is 0 Å². The van der Waals surface area contributed by atoms with Crippen molar-refractivity contribution < 1.29 is 23.0 Å². The maximum atomic E-state index is 12.1. The number of nitrogens with zero attached hydrogens (tertiary/aromatic N) is 1. The van der Waals surface area contributed by atoms with Gasteiger partial charge in [-0.3, -0.25) is 4.79 Å². The standard InChI is InChI=1S/C11H10F2N2O3/c1-17-10(16)4-6-3-9(18-11(12)13)8(15)2-7(6)5-14/h2-3,11H,4,15H2,1H3. The summed E-state index contributed by atoms with van der Waals surface area (Å²) in [5, 5.41) is 8.85. The van der Waals surface area contributed by atoms with Crippen LogP contribution in [0.3, 0.4) is 0 Å². The van der Waals surface area contributed by atoms with E-state index in [9.17, 15) is 13.6 Å². The second-order valence-electron chi connectivity index (χ2n) is 3.29. The van der Waals surface area contributed by atoms with E-state index in [1.54, 1.807) is 0 Å². The number of hydrogen-bond donors (Lipinski definition) is 1. The lowest BCUT2D eigenvalue weighted by molar-refractivity contribution is -0.139. The van der Waals surface area contributed by atoms with E-state index in [1.807, 2.05) is 6.07 Å². The summed E-state index contributed by atoms with van der Waals surface area (Å²) in [7, 11) is 1.18. The van der Waals surface area contributed by atoms with E-state index in [4.69, 9.17) is 11.0 Å². The van der Waals surface area contributed by atoms with Gasteiger partial charge in [-0.25, -0.2) is 0 Å². The lowest BCUT2D eigenvalue weighted by Gasteiger charge is -2.11. The number of esters is 1. The van der Waals surface area contributed by atoms with Crippen LogP contribution in [-0.4, -0.2) is 19.7 Å². The van der Waals surface area contributed by atoms with Crippen LogP contribution in [0.1, 0.15) is 11.1 Å². The molecule has 0 unspecified atom stereocenters. The average Bonchev–Trinajstić information content (AvgIpc) is 2.32. The van der Waals surface area contributed by atoms with Gasteiger partial charge in [-0.15, -0.1) is 0 Å². The van der Waals surface area contributed by atoms with E-state index in [1.165, 1.54) is 13.2 Å². The summed E-state index contributed by atoms with van der Waals surface area (Å²) in [6.45, 7) is -3.04. The SMILES string of the molecule is COC(=O)Cc1cc(OC(F)F)c(N)cc1C#N. The van der Waals surface area contributed by atoms with Crippen molar-refractivity contribution in [2.45, 2.75) is 13.0 Å². The Balaban J connectivity index is 3.14. The predicted octanol–water partition coefficient (Wildman–Crippen LogP) is 1.46. The molecule has 5 nitrogen and oxygen atoms in total. The molecule has 7 heteroatoms. The van der Waals surface area contributed by atoms with E-state index in [0.717, 1.165) is 6.07 Å². The molecule has 1 rings (SSSR count). The van der Waals surface area contributed by atoms with E-state index >= 15 is 0 Å². The van der Waals surface area contributed by atoms with E-state index in [2.05, 4.69) is 9.47 Å².